The highest BCUT2D eigenvalue weighted by Crippen LogP contribution is 2.10. The first-order valence-corrected chi connectivity index (χ1v) is 6.28. The van der Waals surface area contributed by atoms with Crippen molar-refractivity contribution < 1.29 is 8.42 Å². The van der Waals surface area contributed by atoms with Crippen LogP contribution in [0.2, 0.25) is 0 Å². The molecule has 0 fully saturated rings. The summed E-state index contributed by atoms with van der Waals surface area (Å²) in [5.74, 6) is 0.187. The van der Waals surface area contributed by atoms with Crippen molar-refractivity contribution in [3.8, 4) is 6.07 Å². The molecule has 0 aliphatic rings. The fraction of sp³-hybridized carbons (Fsp3) is 0.889. The molecule has 0 aromatic heterocycles. The average molecular weight is 218 g/mol. The molecule has 0 radical (unpaired) electrons. The second kappa shape index (κ2) is 5.32. The first kappa shape index (κ1) is 13.4. The van der Waals surface area contributed by atoms with Crippen molar-refractivity contribution in [3.63, 3.8) is 0 Å². The molecule has 0 saturated carbocycles. The molecule has 0 saturated heterocycles. The van der Waals surface area contributed by atoms with E-state index in [1.165, 1.54) is 4.31 Å². The molecule has 0 rings (SSSR count). The first-order valence-electron chi connectivity index (χ1n) is 4.67. The van der Waals surface area contributed by atoms with Gasteiger partial charge in [0.05, 0.1) is 11.8 Å². The van der Waals surface area contributed by atoms with Crippen molar-refractivity contribution in [2.24, 2.45) is 5.92 Å². The molecule has 82 valence electrons. The molecule has 0 aliphatic carbocycles. The van der Waals surface area contributed by atoms with Crippen LogP contribution in [0.15, 0.2) is 0 Å². The molecule has 0 aliphatic heterocycles. The van der Waals surface area contributed by atoms with Crippen LogP contribution in [-0.4, -0.2) is 31.1 Å². The van der Waals surface area contributed by atoms with Crippen LogP contribution in [-0.2, 0) is 10.0 Å². The molecule has 0 spiro atoms. The lowest BCUT2D eigenvalue weighted by Crippen LogP contribution is -2.39. The SMILES string of the molecule is CC(C)CS(=O)(=O)N(CC#N)C(C)C. The second-order valence-corrected chi connectivity index (χ2v) is 5.94. The third-order valence-corrected chi connectivity index (χ3v) is 4.06. The van der Waals surface area contributed by atoms with Crippen LogP contribution < -0.4 is 0 Å². The van der Waals surface area contributed by atoms with Crippen molar-refractivity contribution in [1.29, 1.82) is 5.26 Å². The summed E-state index contributed by atoms with van der Waals surface area (Å²) >= 11 is 0. The zero-order valence-corrected chi connectivity index (χ0v) is 10.0. The molecule has 0 bridgehead atoms. The van der Waals surface area contributed by atoms with Crippen molar-refractivity contribution in [1.82, 2.24) is 4.31 Å². The van der Waals surface area contributed by atoms with Crippen molar-refractivity contribution in [2.75, 3.05) is 12.3 Å². The Morgan fingerprint density at radius 2 is 1.79 bits per heavy atom. The second-order valence-electron chi connectivity index (χ2n) is 3.97. The van der Waals surface area contributed by atoms with Gasteiger partial charge in [0.2, 0.25) is 10.0 Å². The van der Waals surface area contributed by atoms with E-state index >= 15 is 0 Å². The van der Waals surface area contributed by atoms with E-state index in [0.717, 1.165) is 0 Å². The summed E-state index contributed by atoms with van der Waals surface area (Å²) in [6, 6.07) is 1.72. The number of hydrogen-bond donors (Lipinski definition) is 0. The zero-order chi connectivity index (χ0) is 11.4. The number of sulfonamides is 1. The highest BCUT2D eigenvalue weighted by molar-refractivity contribution is 7.89. The minimum atomic E-state index is -3.27. The van der Waals surface area contributed by atoms with E-state index in [-0.39, 0.29) is 24.3 Å². The molecule has 14 heavy (non-hydrogen) atoms. The third-order valence-electron chi connectivity index (χ3n) is 1.70. The number of nitrogens with zero attached hydrogens (tertiary/aromatic N) is 2. The Balaban J connectivity index is 4.74. The monoisotopic (exact) mass is 218 g/mol. The topological polar surface area (TPSA) is 61.2 Å². The standard InChI is InChI=1S/C9H18N2O2S/c1-8(2)7-14(12,13)11(6-5-10)9(3)4/h8-9H,6-7H2,1-4H3. The quantitative estimate of drug-likeness (QED) is 0.651. The molecular formula is C9H18N2O2S. The number of rotatable bonds is 5. The fourth-order valence-electron chi connectivity index (χ4n) is 1.19. The Kier molecular flexibility index (Phi) is 5.09. The molecule has 0 N–H and O–H groups in total. The average Bonchev–Trinajstić information content (AvgIpc) is 1.96. The summed E-state index contributed by atoms with van der Waals surface area (Å²) in [5.41, 5.74) is 0. The van der Waals surface area contributed by atoms with Gasteiger partial charge in [-0.2, -0.15) is 9.57 Å². The van der Waals surface area contributed by atoms with E-state index in [4.69, 9.17) is 5.26 Å². The van der Waals surface area contributed by atoms with Crippen LogP contribution in [0.1, 0.15) is 27.7 Å². The smallest absolute Gasteiger partial charge is 0.212 e. The minimum Gasteiger partial charge on any atom is -0.212 e. The van der Waals surface area contributed by atoms with Crippen molar-refractivity contribution in [3.05, 3.63) is 0 Å². The van der Waals surface area contributed by atoms with Gasteiger partial charge in [-0.15, -0.1) is 0 Å². The number of nitriles is 1. The third kappa shape index (κ3) is 4.07. The lowest BCUT2D eigenvalue weighted by atomic mass is 10.3. The zero-order valence-electron chi connectivity index (χ0n) is 9.19. The van der Waals surface area contributed by atoms with Gasteiger partial charge in [0, 0.05) is 6.04 Å². The highest BCUT2D eigenvalue weighted by atomic mass is 32.2. The van der Waals surface area contributed by atoms with E-state index in [9.17, 15) is 8.42 Å². The van der Waals surface area contributed by atoms with Gasteiger partial charge in [-0.25, -0.2) is 8.42 Å². The largest absolute Gasteiger partial charge is 0.215 e. The van der Waals surface area contributed by atoms with Crippen molar-refractivity contribution in [2.45, 2.75) is 33.7 Å². The van der Waals surface area contributed by atoms with Gasteiger partial charge < -0.3 is 0 Å². The predicted molar refractivity (Wildman–Crippen MR) is 56.1 cm³/mol. The lowest BCUT2D eigenvalue weighted by molar-refractivity contribution is 0.382. The Hall–Kier alpha value is -0.600. The van der Waals surface area contributed by atoms with Crippen LogP contribution >= 0.6 is 0 Å². The molecular weight excluding hydrogens is 200 g/mol. The first-order chi connectivity index (χ1) is 6.31. The minimum absolute atomic E-state index is 0.0628. The van der Waals surface area contributed by atoms with Gasteiger partial charge in [0.15, 0.2) is 0 Å². The van der Waals surface area contributed by atoms with E-state index < -0.39 is 10.0 Å². The van der Waals surface area contributed by atoms with E-state index in [0.29, 0.717) is 0 Å². The molecule has 0 aromatic carbocycles. The summed E-state index contributed by atoms with van der Waals surface area (Å²) in [7, 11) is -3.27. The maximum absolute atomic E-state index is 11.7. The summed E-state index contributed by atoms with van der Waals surface area (Å²) in [6.45, 7) is 7.18. The predicted octanol–water partition coefficient (Wildman–Crippen LogP) is 1.21. The van der Waals surface area contributed by atoms with Crippen LogP contribution in [0.3, 0.4) is 0 Å². The van der Waals surface area contributed by atoms with Gasteiger partial charge in [-0.05, 0) is 19.8 Å². The van der Waals surface area contributed by atoms with Crippen LogP contribution in [0, 0.1) is 17.2 Å². The summed E-state index contributed by atoms with van der Waals surface area (Å²) in [6.07, 6.45) is 0. The molecule has 0 amide bonds. The summed E-state index contributed by atoms with van der Waals surface area (Å²) in [5, 5.41) is 8.53. The van der Waals surface area contributed by atoms with Crippen molar-refractivity contribution >= 4 is 10.0 Å². The van der Waals surface area contributed by atoms with E-state index in [2.05, 4.69) is 0 Å². The molecule has 0 heterocycles. The Bertz CT molecular complexity index is 301. The normalized spacial score (nSPS) is 12.4. The van der Waals surface area contributed by atoms with E-state index in [1.54, 1.807) is 13.8 Å². The maximum Gasteiger partial charge on any atom is 0.215 e. The summed E-state index contributed by atoms with van der Waals surface area (Å²) in [4.78, 5) is 0. The molecule has 5 heteroatoms. The van der Waals surface area contributed by atoms with E-state index in [1.807, 2.05) is 19.9 Å². The van der Waals surface area contributed by atoms with Crippen LogP contribution in [0.5, 0.6) is 0 Å². The van der Waals surface area contributed by atoms with Gasteiger partial charge in [-0.3, -0.25) is 0 Å². The molecule has 0 atom stereocenters. The molecule has 0 aromatic rings. The van der Waals surface area contributed by atoms with Gasteiger partial charge >= 0.3 is 0 Å². The Morgan fingerprint density at radius 3 is 2.07 bits per heavy atom. The van der Waals surface area contributed by atoms with Gasteiger partial charge in [0.1, 0.15) is 6.54 Å². The lowest BCUT2D eigenvalue weighted by Gasteiger charge is -2.23. The van der Waals surface area contributed by atoms with Crippen LogP contribution in [0.4, 0.5) is 0 Å². The maximum atomic E-state index is 11.7. The highest BCUT2D eigenvalue weighted by Gasteiger charge is 2.25. The van der Waals surface area contributed by atoms with Gasteiger partial charge in [0.25, 0.3) is 0 Å². The van der Waals surface area contributed by atoms with Gasteiger partial charge in [-0.1, -0.05) is 13.8 Å². The Morgan fingerprint density at radius 1 is 1.29 bits per heavy atom. The molecule has 4 nitrogen and oxygen atoms in total. The van der Waals surface area contributed by atoms with Crippen LogP contribution in [0.25, 0.3) is 0 Å². The fourth-order valence-corrected chi connectivity index (χ4v) is 3.12. The summed E-state index contributed by atoms with van der Waals surface area (Å²) < 4.78 is 24.7. The Labute approximate surface area is 86.6 Å². The number of hydrogen-bond acceptors (Lipinski definition) is 3. The molecule has 0 unspecified atom stereocenters.